The number of benzene rings is 2. The van der Waals surface area contributed by atoms with E-state index in [0.717, 1.165) is 4.47 Å². The lowest BCUT2D eigenvalue weighted by Gasteiger charge is -2.37. The van der Waals surface area contributed by atoms with Crippen molar-refractivity contribution in [3.05, 3.63) is 62.5 Å². The number of aryl methyl sites for hydroxylation is 1. The van der Waals surface area contributed by atoms with Crippen molar-refractivity contribution < 1.29 is 0 Å². The lowest BCUT2D eigenvalue weighted by molar-refractivity contribution is 0.373. The van der Waals surface area contributed by atoms with Crippen LogP contribution in [0.1, 0.15) is 29.9 Å². The monoisotopic (exact) mass is 393 g/mol. The topological polar surface area (TPSA) is 12.0 Å². The third-order valence-electron chi connectivity index (χ3n) is 4.03. The van der Waals surface area contributed by atoms with Crippen molar-refractivity contribution in [3.8, 4) is 0 Å². The van der Waals surface area contributed by atoms with Gasteiger partial charge in [-0.3, -0.25) is 0 Å². The molecule has 3 heteroatoms. The van der Waals surface area contributed by atoms with Crippen molar-refractivity contribution in [1.29, 1.82) is 0 Å². The Morgan fingerprint density at radius 1 is 1.05 bits per heavy atom. The fraction of sp³-hybridized carbons (Fsp3) is 0.294. The third kappa shape index (κ3) is 2.94. The van der Waals surface area contributed by atoms with Gasteiger partial charge in [0.2, 0.25) is 0 Å². The van der Waals surface area contributed by atoms with E-state index in [9.17, 15) is 0 Å². The zero-order valence-electron chi connectivity index (χ0n) is 11.4. The van der Waals surface area contributed by atoms with E-state index in [-0.39, 0.29) is 0 Å². The molecule has 20 heavy (non-hydrogen) atoms. The number of hydrogen-bond acceptors (Lipinski definition) is 1. The van der Waals surface area contributed by atoms with Gasteiger partial charge in [0, 0.05) is 20.7 Å². The van der Waals surface area contributed by atoms with Gasteiger partial charge in [-0.15, -0.1) is 0 Å². The molecular weight excluding hydrogens is 378 g/mol. The molecule has 1 aliphatic rings. The average Bonchev–Trinajstić information content (AvgIpc) is 2.37. The molecule has 0 radical (unpaired) electrons. The number of anilines is 1. The fourth-order valence-corrected chi connectivity index (χ4v) is 3.89. The van der Waals surface area contributed by atoms with Crippen LogP contribution in [-0.4, -0.2) is 6.04 Å². The van der Waals surface area contributed by atoms with Gasteiger partial charge in [0.05, 0.1) is 0 Å². The summed E-state index contributed by atoms with van der Waals surface area (Å²) in [7, 11) is 0. The molecule has 3 rings (SSSR count). The van der Waals surface area contributed by atoms with E-state index in [4.69, 9.17) is 0 Å². The Balaban J connectivity index is 1.62. The standard InChI is InChI=1S/C17H17Br2N/c1-11-8-13(18)6-7-17(11)20-14-9-12(10-14)15-4-2-3-5-16(15)19/h2-8,12,14,20H,9-10H2,1H3. The highest BCUT2D eigenvalue weighted by Gasteiger charge is 2.31. The summed E-state index contributed by atoms with van der Waals surface area (Å²) in [6.07, 6.45) is 2.41. The summed E-state index contributed by atoms with van der Waals surface area (Å²) >= 11 is 7.16. The second kappa shape index (κ2) is 5.90. The molecule has 0 bridgehead atoms. The van der Waals surface area contributed by atoms with Crippen LogP contribution in [-0.2, 0) is 0 Å². The lowest BCUT2D eigenvalue weighted by Crippen LogP contribution is -2.34. The molecule has 0 spiro atoms. The molecule has 0 amide bonds. The van der Waals surface area contributed by atoms with Crippen molar-refractivity contribution >= 4 is 37.5 Å². The van der Waals surface area contributed by atoms with Crippen LogP contribution in [0.5, 0.6) is 0 Å². The highest BCUT2D eigenvalue weighted by molar-refractivity contribution is 9.10. The molecule has 0 aliphatic heterocycles. The fourth-order valence-electron chi connectivity index (χ4n) is 2.80. The predicted molar refractivity (Wildman–Crippen MR) is 92.4 cm³/mol. The van der Waals surface area contributed by atoms with E-state index in [2.05, 4.69) is 86.6 Å². The molecular formula is C17H17Br2N. The Morgan fingerprint density at radius 2 is 1.80 bits per heavy atom. The molecule has 1 fully saturated rings. The second-order valence-electron chi connectivity index (χ2n) is 5.49. The summed E-state index contributed by atoms with van der Waals surface area (Å²) in [6.45, 7) is 2.15. The first-order chi connectivity index (χ1) is 9.63. The number of nitrogens with one attached hydrogen (secondary N) is 1. The zero-order chi connectivity index (χ0) is 14.1. The molecule has 1 saturated carbocycles. The molecule has 1 nitrogen and oxygen atoms in total. The summed E-state index contributed by atoms with van der Waals surface area (Å²) in [6, 6.07) is 15.6. The largest absolute Gasteiger partial charge is 0.382 e. The molecule has 0 saturated heterocycles. The van der Waals surface area contributed by atoms with Gasteiger partial charge in [-0.25, -0.2) is 0 Å². The van der Waals surface area contributed by atoms with Crippen LogP contribution in [0.4, 0.5) is 5.69 Å². The minimum absolute atomic E-state index is 0.590. The number of halogens is 2. The van der Waals surface area contributed by atoms with Gasteiger partial charge in [-0.05, 0) is 61.1 Å². The lowest BCUT2D eigenvalue weighted by atomic mass is 9.76. The molecule has 104 valence electrons. The molecule has 2 aromatic rings. The Bertz CT molecular complexity index is 618. The summed E-state index contributed by atoms with van der Waals surface area (Å²) in [5.41, 5.74) is 3.99. The zero-order valence-corrected chi connectivity index (χ0v) is 14.5. The predicted octanol–water partition coefficient (Wildman–Crippen LogP) is 5.88. The summed E-state index contributed by atoms with van der Waals surface area (Å²) in [4.78, 5) is 0. The smallest absolute Gasteiger partial charge is 0.0372 e. The van der Waals surface area contributed by atoms with Crippen molar-refractivity contribution in [2.24, 2.45) is 0 Å². The molecule has 0 aromatic heterocycles. The number of rotatable bonds is 3. The van der Waals surface area contributed by atoms with E-state index >= 15 is 0 Å². The van der Waals surface area contributed by atoms with E-state index in [1.165, 1.54) is 34.1 Å². The second-order valence-corrected chi connectivity index (χ2v) is 7.26. The Labute approximate surface area is 137 Å². The molecule has 0 heterocycles. The molecule has 0 atom stereocenters. The van der Waals surface area contributed by atoms with Gasteiger partial charge in [-0.2, -0.15) is 0 Å². The Kier molecular flexibility index (Phi) is 4.18. The highest BCUT2D eigenvalue weighted by Crippen LogP contribution is 2.41. The summed E-state index contributed by atoms with van der Waals surface area (Å²) in [5, 5.41) is 3.66. The average molecular weight is 395 g/mol. The Hall–Kier alpha value is -0.800. The van der Waals surface area contributed by atoms with Crippen LogP contribution >= 0.6 is 31.9 Å². The normalized spacial score (nSPS) is 21.4. The first kappa shape index (κ1) is 14.2. The Morgan fingerprint density at radius 3 is 2.50 bits per heavy atom. The van der Waals surface area contributed by atoms with E-state index in [1.807, 2.05) is 0 Å². The van der Waals surface area contributed by atoms with Gasteiger partial charge in [0.25, 0.3) is 0 Å². The number of hydrogen-bond donors (Lipinski definition) is 1. The van der Waals surface area contributed by atoms with Crippen LogP contribution < -0.4 is 5.32 Å². The van der Waals surface area contributed by atoms with Gasteiger partial charge >= 0.3 is 0 Å². The maximum Gasteiger partial charge on any atom is 0.0372 e. The quantitative estimate of drug-likeness (QED) is 0.685. The van der Waals surface area contributed by atoms with E-state index in [0.29, 0.717) is 12.0 Å². The molecule has 0 unspecified atom stereocenters. The molecule has 1 aliphatic carbocycles. The van der Waals surface area contributed by atoms with Crippen molar-refractivity contribution in [2.75, 3.05) is 5.32 Å². The minimum Gasteiger partial charge on any atom is -0.382 e. The SMILES string of the molecule is Cc1cc(Br)ccc1NC1CC(c2ccccc2Br)C1. The van der Waals surface area contributed by atoms with Crippen LogP contribution in [0.3, 0.4) is 0 Å². The summed E-state index contributed by atoms with van der Waals surface area (Å²) < 4.78 is 2.38. The van der Waals surface area contributed by atoms with Crippen molar-refractivity contribution in [3.63, 3.8) is 0 Å². The molecule has 2 aromatic carbocycles. The van der Waals surface area contributed by atoms with E-state index < -0.39 is 0 Å². The van der Waals surface area contributed by atoms with Gasteiger partial charge in [0.1, 0.15) is 0 Å². The van der Waals surface area contributed by atoms with E-state index in [1.54, 1.807) is 0 Å². The van der Waals surface area contributed by atoms with Crippen LogP contribution in [0, 0.1) is 6.92 Å². The van der Waals surface area contributed by atoms with Crippen molar-refractivity contribution in [2.45, 2.75) is 31.7 Å². The van der Waals surface area contributed by atoms with Crippen LogP contribution in [0.25, 0.3) is 0 Å². The molecule has 1 N–H and O–H groups in total. The van der Waals surface area contributed by atoms with Gasteiger partial charge in [0.15, 0.2) is 0 Å². The third-order valence-corrected chi connectivity index (χ3v) is 5.25. The highest BCUT2D eigenvalue weighted by atomic mass is 79.9. The van der Waals surface area contributed by atoms with Crippen molar-refractivity contribution in [1.82, 2.24) is 0 Å². The van der Waals surface area contributed by atoms with Gasteiger partial charge in [-0.1, -0.05) is 50.1 Å². The first-order valence-electron chi connectivity index (χ1n) is 6.90. The van der Waals surface area contributed by atoms with Crippen LogP contribution in [0.2, 0.25) is 0 Å². The first-order valence-corrected chi connectivity index (χ1v) is 8.49. The minimum atomic E-state index is 0.590. The summed E-state index contributed by atoms with van der Waals surface area (Å²) in [5.74, 6) is 0.679. The van der Waals surface area contributed by atoms with Gasteiger partial charge < -0.3 is 5.32 Å². The maximum atomic E-state index is 3.66. The van der Waals surface area contributed by atoms with Crippen LogP contribution in [0.15, 0.2) is 51.4 Å². The maximum absolute atomic E-state index is 3.66.